The SMILES string of the molecule is Cc1ccc2c(c1)sc(=NC(=O)/C=C/c1ccc([N+](=O)[O-])cc1)n2C. The Morgan fingerprint density at radius 3 is 2.64 bits per heavy atom. The molecule has 0 unspecified atom stereocenters. The summed E-state index contributed by atoms with van der Waals surface area (Å²) in [5.74, 6) is -0.378. The van der Waals surface area contributed by atoms with Crippen molar-refractivity contribution in [1.82, 2.24) is 4.57 Å². The largest absolute Gasteiger partial charge is 0.319 e. The zero-order valence-corrected chi connectivity index (χ0v) is 14.5. The van der Waals surface area contributed by atoms with Gasteiger partial charge >= 0.3 is 0 Å². The molecule has 3 aromatic rings. The normalized spacial score (nSPS) is 12.2. The van der Waals surface area contributed by atoms with Gasteiger partial charge in [0.1, 0.15) is 0 Å². The molecule has 3 rings (SSSR count). The molecular weight excluding hydrogens is 338 g/mol. The van der Waals surface area contributed by atoms with Crippen molar-refractivity contribution < 1.29 is 9.72 Å². The molecule has 0 atom stereocenters. The topological polar surface area (TPSA) is 77.5 Å². The van der Waals surface area contributed by atoms with Crippen LogP contribution in [0.1, 0.15) is 11.1 Å². The highest BCUT2D eigenvalue weighted by Crippen LogP contribution is 2.18. The van der Waals surface area contributed by atoms with Gasteiger partial charge in [0.05, 0.1) is 15.1 Å². The lowest BCUT2D eigenvalue weighted by molar-refractivity contribution is -0.384. The maximum absolute atomic E-state index is 12.1. The molecule has 0 saturated carbocycles. The predicted octanol–water partition coefficient (Wildman–Crippen LogP) is 3.60. The predicted molar refractivity (Wildman–Crippen MR) is 98.2 cm³/mol. The Hall–Kier alpha value is -3.06. The number of hydrogen-bond donors (Lipinski definition) is 0. The molecule has 7 heteroatoms. The standard InChI is InChI=1S/C18H15N3O3S/c1-12-3-9-15-16(11-12)25-18(20(15)2)19-17(22)10-6-13-4-7-14(8-5-13)21(23)24/h3-11H,1-2H3/b10-6+,19-18?. The Morgan fingerprint density at radius 2 is 1.96 bits per heavy atom. The Labute approximate surface area is 147 Å². The van der Waals surface area contributed by atoms with Crippen LogP contribution in [0.15, 0.2) is 53.5 Å². The zero-order chi connectivity index (χ0) is 18.0. The number of aryl methyl sites for hydroxylation is 2. The minimum atomic E-state index is -0.461. The number of fused-ring (bicyclic) bond motifs is 1. The van der Waals surface area contributed by atoms with Crippen molar-refractivity contribution in [2.75, 3.05) is 0 Å². The summed E-state index contributed by atoms with van der Waals surface area (Å²) >= 11 is 1.46. The third-order valence-corrected chi connectivity index (χ3v) is 4.79. The molecule has 0 saturated heterocycles. The molecule has 6 nitrogen and oxygen atoms in total. The fourth-order valence-corrected chi connectivity index (χ4v) is 3.48. The number of aromatic nitrogens is 1. The number of rotatable bonds is 3. The number of thiazole rings is 1. The van der Waals surface area contributed by atoms with E-state index < -0.39 is 4.92 Å². The van der Waals surface area contributed by atoms with Crippen molar-refractivity contribution in [3.63, 3.8) is 0 Å². The van der Waals surface area contributed by atoms with Gasteiger partial charge in [-0.3, -0.25) is 14.9 Å². The fourth-order valence-electron chi connectivity index (χ4n) is 2.35. The Balaban J connectivity index is 1.85. The van der Waals surface area contributed by atoms with Crippen molar-refractivity contribution >= 4 is 39.2 Å². The summed E-state index contributed by atoms with van der Waals surface area (Å²) in [7, 11) is 1.88. The molecule has 0 spiro atoms. The van der Waals surface area contributed by atoms with Crippen LogP contribution >= 0.6 is 11.3 Å². The first-order chi connectivity index (χ1) is 11.9. The highest BCUT2D eigenvalue weighted by molar-refractivity contribution is 7.16. The van der Waals surface area contributed by atoms with Crippen molar-refractivity contribution in [2.24, 2.45) is 12.0 Å². The van der Waals surface area contributed by atoms with Crippen LogP contribution in [0, 0.1) is 17.0 Å². The van der Waals surface area contributed by atoms with Gasteiger partial charge in [0.25, 0.3) is 11.6 Å². The van der Waals surface area contributed by atoms with Crippen LogP contribution in [0.2, 0.25) is 0 Å². The van der Waals surface area contributed by atoms with E-state index in [0.29, 0.717) is 10.4 Å². The van der Waals surface area contributed by atoms with Gasteiger partial charge in [-0.1, -0.05) is 17.4 Å². The maximum atomic E-state index is 12.1. The smallest absolute Gasteiger partial charge is 0.272 e. The average molecular weight is 353 g/mol. The summed E-state index contributed by atoms with van der Waals surface area (Å²) < 4.78 is 2.96. The van der Waals surface area contributed by atoms with E-state index in [1.807, 2.05) is 30.7 Å². The molecule has 0 bridgehead atoms. The van der Waals surface area contributed by atoms with Crippen LogP contribution in [-0.4, -0.2) is 15.4 Å². The van der Waals surface area contributed by atoms with Gasteiger partial charge in [0.2, 0.25) is 0 Å². The fraction of sp³-hybridized carbons (Fsp3) is 0.111. The first-order valence-corrected chi connectivity index (χ1v) is 8.33. The van der Waals surface area contributed by atoms with E-state index in [1.54, 1.807) is 18.2 Å². The van der Waals surface area contributed by atoms with Crippen LogP contribution in [0.3, 0.4) is 0 Å². The molecule has 1 amide bonds. The number of carbonyl (C=O) groups excluding carboxylic acids is 1. The van der Waals surface area contributed by atoms with E-state index in [9.17, 15) is 14.9 Å². The van der Waals surface area contributed by atoms with Gasteiger partial charge in [-0.2, -0.15) is 4.99 Å². The van der Waals surface area contributed by atoms with Gasteiger partial charge in [0, 0.05) is 25.3 Å². The van der Waals surface area contributed by atoms with Crippen LogP contribution in [0.4, 0.5) is 5.69 Å². The number of nitro groups is 1. The van der Waals surface area contributed by atoms with E-state index in [4.69, 9.17) is 0 Å². The van der Waals surface area contributed by atoms with Crippen LogP contribution in [0.25, 0.3) is 16.3 Å². The Morgan fingerprint density at radius 1 is 1.24 bits per heavy atom. The second-order valence-electron chi connectivity index (χ2n) is 5.55. The molecule has 0 N–H and O–H groups in total. The van der Waals surface area contributed by atoms with Crippen molar-refractivity contribution in [3.05, 3.63) is 74.6 Å². The van der Waals surface area contributed by atoms with Crippen molar-refractivity contribution in [2.45, 2.75) is 6.92 Å². The first-order valence-electron chi connectivity index (χ1n) is 7.51. The number of nitro benzene ring substituents is 1. The summed E-state index contributed by atoms with van der Waals surface area (Å²) in [6.45, 7) is 2.02. The van der Waals surface area contributed by atoms with E-state index in [0.717, 1.165) is 15.8 Å². The molecule has 0 fully saturated rings. The van der Waals surface area contributed by atoms with Crippen molar-refractivity contribution in [1.29, 1.82) is 0 Å². The summed E-state index contributed by atoms with van der Waals surface area (Å²) in [6, 6.07) is 12.1. The third kappa shape index (κ3) is 3.72. The molecule has 25 heavy (non-hydrogen) atoms. The highest BCUT2D eigenvalue weighted by atomic mass is 32.1. The molecule has 1 aromatic heterocycles. The summed E-state index contributed by atoms with van der Waals surface area (Å²) in [4.78, 5) is 27.0. The zero-order valence-electron chi connectivity index (χ0n) is 13.7. The molecule has 0 aliphatic carbocycles. The molecule has 1 heterocycles. The van der Waals surface area contributed by atoms with Crippen LogP contribution < -0.4 is 4.80 Å². The van der Waals surface area contributed by atoms with Gasteiger partial charge in [-0.05, 0) is 48.4 Å². The Bertz CT molecular complexity index is 1060. The second kappa shape index (κ2) is 6.82. The van der Waals surface area contributed by atoms with E-state index >= 15 is 0 Å². The minimum Gasteiger partial charge on any atom is -0.319 e. The maximum Gasteiger partial charge on any atom is 0.272 e. The number of nitrogens with zero attached hydrogens (tertiary/aromatic N) is 3. The van der Waals surface area contributed by atoms with Gasteiger partial charge in [-0.15, -0.1) is 0 Å². The minimum absolute atomic E-state index is 0.0146. The second-order valence-corrected chi connectivity index (χ2v) is 6.56. The number of non-ortho nitro benzene ring substituents is 1. The van der Waals surface area contributed by atoms with Crippen LogP contribution in [-0.2, 0) is 11.8 Å². The molecule has 2 aromatic carbocycles. The number of hydrogen-bond acceptors (Lipinski definition) is 4. The molecule has 0 aliphatic rings. The summed E-state index contributed by atoms with van der Waals surface area (Å²) in [5, 5.41) is 10.6. The highest BCUT2D eigenvalue weighted by Gasteiger charge is 2.05. The lowest BCUT2D eigenvalue weighted by Gasteiger charge is -1.95. The van der Waals surface area contributed by atoms with E-state index in [1.165, 1.54) is 29.5 Å². The van der Waals surface area contributed by atoms with Crippen LogP contribution in [0.5, 0.6) is 0 Å². The van der Waals surface area contributed by atoms with E-state index in [-0.39, 0.29) is 11.6 Å². The summed E-state index contributed by atoms with van der Waals surface area (Å²) in [5.41, 5.74) is 2.90. The lowest BCUT2D eigenvalue weighted by atomic mass is 10.2. The molecule has 0 aliphatic heterocycles. The average Bonchev–Trinajstić information content (AvgIpc) is 2.88. The molecule has 0 radical (unpaired) electrons. The van der Waals surface area contributed by atoms with Gasteiger partial charge in [0.15, 0.2) is 4.80 Å². The third-order valence-electron chi connectivity index (χ3n) is 3.69. The first kappa shape index (κ1) is 16.8. The quantitative estimate of drug-likeness (QED) is 0.410. The van der Waals surface area contributed by atoms with E-state index in [2.05, 4.69) is 11.1 Å². The number of carbonyl (C=O) groups is 1. The monoisotopic (exact) mass is 353 g/mol. The van der Waals surface area contributed by atoms with Gasteiger partial charge in [-0.25, -0.2) is 0 Å². The molecule has 126 valence electrons. The summed E-state index contributed by atoms with van der Waals surface area (Å²) in [6.07, 6.45) is 2.95. The van der Waals surface area contributed by atoms with Crippen molar-refractivity contribution in [3.8, 4) is 0 Å². The number of amides is 1. The molecular formula is C18H15N3O3S. The Kier molecular flexibility index (Phi) is 4.58. The van der Waals surface area contributed by atoms with Gasteiger partial charge < -0.3 is 4.57 Å². The number of benzene rings is 2. The lowest BCUT2D eigenvalue weighted by Crippen LogP contribution is -2.12.